The van der Waals surface area contributed by atoms with Crippen LogP contribution < -0.4 is 4.90 Å². The molecule has 0 aliphatic carbocycles. The fraction of sp³-hybridized carbons (Fsp3) is 0. The lowest BCUT2D eigenvalue weighted by Gasteiger charge is -2.29. The van der Waals surface area contributed by atoms with Gasteiger partial charge in [0.2, 0.25) is 0 Å². The number of furan rings is 1. The van der Waals surface area contributed by atoms with Gasteiger partial charge in [-0.15, -0.1) is 0 Å². The van der Waals surface area contributed by atoms with Gasteiger partial charge in [0, 0.05) is 49.6 Å². The molecule has 2 heterocycles. The van der Waals surface area contributed by atoms with Crippen LogP contribution in [0.2, 0.25) is 0 Å². The molecule has 0 unspecified atom stereocenters. The van der Waals surface area contributed by atoms with Crippen molar-refractivity contribution in [2.45, 2.75) is 0 Å². The Bertz CT molecular complexity index is 4280. The molecule has 0 bridgehead atoms. The Morgan fingerprint density at radius 3 is 1.55 bits per heavy atom. The van der Waals surface area contributed by atoms with Gasteiger partial charge >= 0.3 is 0 Å². The number of para-hydroxylation sites is 5. The van der Waals surface area contributed by atoms with Crippen molar-refractivity contribution < 1.29 is 4.42 Å². The van der Waals surface area contributed by atoms with E-state index in [1.807, 2.05) is 12.1 Å². The fourth-order valence-electron chi connectivity index (χ4n) is 11.1. The van der Waals surface area contributed by atoms with Crippen molar-refractivity contribution in [1.29, 1.82) is 0 Å². The zero-order chi connectivity index (χ0) is 46.8. The summed E-state index contributed by atoms with van der Waals surface area (Å²) in [5, 5.41) is 9.69. The summed E-state index contributed by atoms with van der Waals surface area (Å²) in [6, 6.07) is 96.8. The lowest BCUT2D eigenvalue weighted by molar-refractivity contribution is 0.670. The minimum Gasteiger partial charge on any atom is -0.455 e. The SMILES string of the molecule is c1ccc(-c2ccc(-c3cc4ccccc4c4ccccc34)cc2N(c2ccc(-c3ccccc3-n3c4ccccc4c4ccccc43)cc2)c2ccc(-c3cccc4c3oc3ccccc34)cc2)cc1. The predicted molar refractivity (Wildman–Crippen MR) is 299 cm³/mol. The van der Waals surface area contributed by atoms with Crippen molar-refractivity contribution in [2.24, 2.45) is 0 Å². The van der Waals surface area contributed by atoms with Crippen LogP contribution in [0.15, 0.2) is 271 Å². The van der Waals surface area contributed by atoms with E-state index in [4.69, 9.17) is 4.42 Å². The van der Waals surface area contributed by atoms with Crippen LogP contribution in [0.5, 0.6) is 0 Å². The molecule has 71 heavy (non-hydrogen) atoms. The van der Waals surface area contributed by atoms with Crippen molar-refractivity contribution in [3.05, 3.63) is 267 Å². The van der Waals surface area contributed by atoms with Crippen LogP contribution in [0.1, 0.15) is 0 Å². The summed E-state index contributed by atoms with van der Waals surface area (Å²) in [5.74, 6) is 0. The van der Waals surface area contributed by atoms with E-state index in [0.29, 0.717) is 0 Å². The summed E-state index contributed by atoms with van der Waals surface area (Å²) < 4.78 is 8.96. The zero-order valence-corrected chi connectivity index (χ0v) is 38.7. The van der Waals surface area contributed by atoms with Crippen molar-refractivity contribution >= 4 is 82.4 Å². The molecular weight excluding hydrogens is 861 g/mol. The highest BCUT2D eigenvalue weighted by Crippen LogP contribution is 2.46. The Hall–Kier alpha value is -9.44. The van der Waals surface area contributed by atoms with Crippen LogP contribution in [-0.2, 0) is 0 Å². The van der Waals surface area contributed by atoms with Gasteiger partial charge < -0.3 is 13.9 Å². The van der Waals surface area contributed by atoms with Gasteiger partial charge in [-0.3, -0.25) is 0 Å². The number of nitrogens with zero attached hydrogens (tertiary/aromatic N) is 2. The van der Waals surface area contributed by atoms with E-state index in [2.05, 4.69) is 264 Å². The first-order valence-electron chi connectivity index (χ1n) is 24.3. The number of hydrogen-bond acceptors (Lipinski definition) is 2. The molecule has 0 atom stereocenters. The third-order valence-electron chi connectivity index (χ3n) is 14.4. The number of benzene rings is 12. The molecular formula is C68H44N2O. The number of fused-ring (bicyclic) bond motifs is 9. The first kappa shape index (κ1) is 40.6. The molecule has 0 spiro atoms. The number of anilines is 3. The Kier molecular flexibility index (Phi) is 9.53. The van der Waals surface area contributed by atoms with E-state index in [1.165, 1.54) is 48.9 Å². The van der Waals surface area contributed by atoms with Crippen LogP contribution in [0.25, 0.3) is 115 Å². The minimum atomic E-state index is 0.895. The Morgan fingerprint density at radius 2 is 0.817 bits per heavy atom. The van der Waals surface area contributed by atoms with E-state index in [-0.39, 0.29) is 0 Å². The van der Waals surface area contributed by atoms with Gasteiger partial charge in [-0.1, -0.05) is 206 Å². The van der Waals surface area contributed by atoms with Crippen LogP contribution in [0.4, 0.5) is 17.1 Å². The quantitative estimate of drug-likeness (QED) is 0.142. The maximum absolute atomic E-state index is 6.54. The third kappa shape index (κ3) is 6.74. The van der Waals surface area contributed by atoms with E-state index < -0.39 is 0 Å². The zero-order valence-electron chi connectivity index (χ0n) is 38.7. The topological polar surface area (TPSA) is 21.3 Å². The monoisotopic (exact) mass is 904 g/mol. The maximum atomic E-state index is 6.54. The van der Waals surface area contributed by atoms with Crippen LogP contribution in [0.3, 0.4) is 0 Å². The molecule has 3 nitrogen and oxygen atoms in total. The second-order valence-corrected chi connectivity index (χ2v) is 18.4. The standard InChI is InChI=1S/C68H44N2O/c1-2-17-45(18-3-1)54-42-37-49(62-43-48-19-4-5-20-52(48)56-22-6-7-23-57(56)62)44-66(54)69(51-40-35-47(36-41-51)55-27-16-28-61-60-26-11-15-32-67(60)71-68(55)61)50-38-33-46(34-39-50)53-21-8-12-29-63(53)70-64-30-13-9-24-58(64)59-25-10-14-31-65(59)70/h1-44H. The Labute approximate surface area is 411 Å². The number of hydrogen-bond donors (Lipinski definition) is 0. The molecule has 14 aromatic rings. The predicted octanol–water partition coefficient (Wildman–Crippen LogP) is 19.1. The summed E-state index contributed by atoms with van der Waals surface area (Å²) in [6.45, 7) is 0. The Balaban J connectivity index is 0.964. The molecule has 3 heteroatoms. The number of aromatic nitrogens is 1. The van der Waals surface area contributed by atoms with Crippen LogP contribution in [-0.4, -0.2) is 4.57 Å². The normalized spacial score (nSPS) is 11.7. The van der Waals surface area contributed by atoms with Crippen molar-refractivity contribution in [3.8, 4) is 50.2 Å². The highest BCUT2D eigenvalue weighted by Gasteiger charge is 2.22. The summed E-state index contributed by atoms with van der Waals surface area (Å²) in [6.07, 6.45) is 0. The molecule has 0 saturated carbocycles. The summed E-state index contributed by atoms with van der Waals surface area (Å²) in [5.41, 5.74) is 17.6. The molecule has 332 valence electrons. The van der Waals surface area contributed by atoms with E-state index in [9.17, 15) is 0 Å². The van der Waals surface area contributed by atoms with Gasteiger partial charge in [0.1, 0.15) is 11.2 Å². The van der Waals surface area contributed by atoms with Gasteiger partial charge in [-0.05, 0) is 110 Å². The average Bonchev–Trinajstić information content (AvgIpc) is 4.00. The third-order valence-corrected chi connectivity index (χ3v) is 14.4. The van der Waals surface area contributed by atoms with Gasteiger partial charge in [0.25, 0.3) is 0 Å². The lowest BCUT2D eigenvalue weighted by atomic mass is 9.91. The second kappa shape index (κ2) is 16.7. The lowest BCUT2D eigenvalue weighted by Crippen LogP contribution is -2.11. The fourth-order valence-corrected chi connectivity index (χ4v) is 11.1. The largest absolute Gasteiger partial charge is 0.455 e. The van der Waals surface area contributed by atoms with Gasteiger partial charge in [-0.25, -0.2) is 0 Å². The molecule has 0 N–H and O–H groups in total. The van der Waals surface area contributed by atoms with Crippen LogP contribution >= 0.6 is 0 Å². The highest BCUT2D eigenvalue weighted by molar-refractivity contribution is 6.15. The van der Waals surface area contributed by atoms with Crippen LogP contribution in [0, 0.1) is 0 Å². The molecule has 0 aliphatic rings. The van der Waals surface area contributed by atoms with Crippen molar-refractivity contribution in [3.63, 3.8) is 0 Å². The maximum Gasteiger partial charge on any atom is 0.143 e. The number of rotatable bonds is 8. The highest BCUT2D eigenvalue weighted by atomic mass is 16.3. The summed E-state index contributed by atoms with van der Waals surface area (Å²) in [7, 11) is 0. The molecule has 14 rings (SSSR count). The van der Waals surface area contributed by atoms with Crippen molar-refractivity contribution in [1.82, 2.24) is 4.57 Å². The van der Waals surface area contributed by atoms with E-state index >= 15 is 0 Å². The first-order valence-corrected chi connectivity index (χ1v) is 24.3. The molecule has 12 aromatic carbocycles. The minimum absolute atomic E-state index is 0.895. The molecule has 2 aromatic heterocycles. The van der Waals surface area contributed by atoms with E-state index in [0.717, 1.165) is 83.6 Å². The van der Waals surface area contributed by atoms with Gasteiger partial charge in [0.15, 0.2) is 0 Å². The molecule has 0 aliphatic heterocycles. The smallest absolute Gasteiger partial charge is 0.143 e. The van der Waals surface area contributed by atoms with E-state index in [1.54, 1.807) is 0 Å². The summed E-state index contributed by atoms with van der Waals surface area (Å²) in [4.78, 5) is 2.43. The first-order chi connectivity index (χ1) is 35.2. The summed E-state index contributed by atoms with van der Waals surface area (Å²) >= 11 is 0. The molecule has 0 fully saturated rings. The second-order valence-electron chi connectivity index (χ2n) is 18.4. The van der Waals surface area contributed by atoms with Gasteiger partial charge in [0.05, 0.1) is 22.4 Å². The van der Waals surface area contributed by atoms with Gasteiger partial charge in [-0.2, -0.15) is 0 Å². The molecule has 0 amide bonds. The molecule has 0 saturated heterocycles. The Morgan fingerprint density at radius 1 is 0.296 bits per heavy atom. The molecule has 0 radical (unpaired) electrons. The average molecular weight is 905 g/mol. The van der Waals surface area contributed by atoms with Crippen molar-refractivity contribution in [2.75, 3.05) is 4.90 Å².